The molecule has 1 fully saturated rings. The molecule has 0 radical (unpaired) electrons. The van der Waals surface area contributed by atoms with E-state index in [2.05, 4.69) is 19.9 Å². The number of amides is 1. The van der Waals surface area contributed by atoms with E-state index in [1.165, 1.54) is 0 Å². The van der Waals surface area contributed by atoms with Gasteiger partial charge in [-0.25, -0.2) is 9.97 Å². The highest BCUT2D eigenvalue weighted by Crippen LogP contribution is 2.20. The number of benzene rings is 1. The van der Waals surface area contributed by atoms with Crippen LogP contribution in [0.5, 0.6) is 0 Å². The molecule has 130 valence electrons. The molecular formula is C18H21N5O2. The summed E-state index contributed by atoms with van der Waals surface area (Å²) in [5, 5.41) is 0. The average molecular weight is 339 g/mol. The van der Waals surface area contributed by atoms with Crippen molar-refractivity contribution in [3.05, 3.63) is 47.8 Å². The number of ether oxygens (including phenoxy) is 1. The molecule has 2 N–H and O–H groups in total. The van der Waals surface area contributed by atoms with Crippen LogP contribution in [0.3, 0.4) is 0 Å². The zero-order chi connectivity index (χ0) is 17.2. The molecule has 1 aliphatic rings. The molecule has 0 bridgehead atoms. The lowest BCUT2D eigenvalue weighted by atomic mass is 10.2. The summed E-state index contributed by atoms with van der Waals surface area (Å²) in [6.07, 6.45) is 2.64. The number of aromatic amines is 2. The number of nitrogens with zero attached hydrogens (tertiary/aromatic N) is 3. The topological polar surface area (TPSA) is 86.9 Å². The molecule has 4 rings (SSSR count). The number of nitrogens with one attached hydrogen (secondary N) is 2. The number of para-hydroxylation sites is 2. The van der Waals surface area contributed by atoms with Gasteiger partial charge in [-0.15, -0.1) is 0 Å². The predicted octanol–water partition coefficient (Wildman–Crippen LogP) is 2.13. The lowest BCUT2D eigenvalue weighted by Gasteiger charge is -2.32. The van der Waals surface area contributed by atoms with Crippen molar-refractivity contribution in [2.24, 2.45) is 0 Å². The second-order valence-electron chi connectivity index (χ2n) is 6.35. The molecule has 7 heteroatoms. The van der Waals surface area contributed by atoms with E-state index in [0.717, 1.165) is 28.4 Å². The maximum absolute atomic E-state index is 12.6. The molecule has 25 heavy (non-hydrogen) atoms. The molecule has 0 aliphatic carbocycles. The van der Waals surface area contributed by atoms with Gasteiger partial charge in [0.15, 0.2) is 0 Å². The van der Waals surface area contributed by atoms with Crippen LogP contribution in [-0.4, -0.2) is 50.4 Å². The fourth-order valence-electron chi connectivity index (χ4n) is 3.15. The number of hydrogen-bond acceptors (Lipinski definition) is 4. The summed E-state index contributed by atoms with van der Waals surface area (Å²) < 4.78 is 5.75. The molecule has 1 amide bonds. The zero-order valence-corrected chi connectivity index (χ0v) is 14.2. The summed E-state index contributed by atoms with van der Waals surface area (Å²) in [7, 11) is 0. The van der Waals surface area contributed by atoms with Gasteiger partial charge in [-0.2, -0.15) is 0 Å². The molecule has 1 aromatic carbocycles. The predicted molar refractivity (Wildman–Crippen MR) is 93.0 cm³/mol. The molecule has 2 aromatic heterocycles. The maximum atomic E-state index is 12.6. The highest BCUT2D eigenvalue weighted by Gasteiger charge is 2.27. The number of hydrogen-bond donors (Lipinski definition) is 2. The van der Waals surface area contributed by atoms with E-state index in [-0.39, 0.29) is 12.0 Å². The minimum atomic E-state index is -0.183. The van der Waals surface area contributed by atoms with Crippen LogP contribution in [0.4, 0.5) is 0 Å². The van der Waals surface area contributed by atoms with Crippen molar-refractivity contribution in [3.8, 4) is 0 Å². The molecule has 7 nitrogen and oxygen atoms in total. The number of rotatable bonds is 4. The van der Waals surface area contributed by atoms with Gasteiger partial charge in [-0.3, -0.25) is 4.79 Å². The fourth-order valence-corrected chi connectivity index (χ4v) is 3.15. The highest BCUT2D eigenvalue weighted by molar-refractivity contribution is 5.77. The number of imidazole rings is 2. The third-order valence-electron chi connectivity index (χ3n) is 4.46. The number of fused-ring (bicyclic) bond motifs is 1. The van der Waals surface area contributed by atoms with E-state index in [1.54, 1.807) is 6.20 Å². The third-order valence-corrected chi connectivity index (χ3v) is 4.46. The molecule has 1 atom stereocenters. The van der Waals surface area contributed by atoms with E-state index in [0.29, 0.717) is 32.5 Å². The Labute approximate surface area is 145 Å². The molecule has 1 unspecified atom stereocenters. The Kier molecular flexibility index (Phi) is 4.23. The third kappa shape index (κ3) is 3.41. The van der Waals surface area contributed by atoms with Gasteiger partial charge in [0.05, 0.1) is 24.2 Å². The lowest BCUT2D eigenvalue weighted by Crippen LogP contribution is -2.42. The molecular weight excluding hydrogens is 318 g/mol. The van der Waals surface area contributed by atoms with Crippen molar-refractivity contribution >= 4 is 16.9 Å². The minimum Gasteiger partial charge on any atom is -0.367 e. The maximum Gasteiger partial charge on any atom is 0.223 e. The molecule has 3 aromatic rings. The molecule has 1 saturated heterocycles. The van der Waals surface area contributed by atoms with E-state index in [9.17, 15) is 4.79 Å². The summed E-state index contributed by atoms with van der Waals surface area (Å²) in [5.74, 6) is 1.75. The van der Waals surface area contributed by atoms with Crippen LogP contribution in [0.15, 0.2) is 30.5 Å². The molecule has 1 aliphatic heterocycles. The Morgan fingerprint density at radius 3 is 3.04 bits per heavy atom. The van der Waals surface area contributed by atoms with Gasteiger partial charge in [0.2, 0.25) is 5.91 Å². The first kappa shape index (κ1) is 15.8. The lowest BCUT2D eigenvalue weighted by molar-refractivity contribution is -0.139. The second-order valence-corrected chi connectivity index (χ2v) is 6.35. The Hall–Kier alpha value is -2.67. The first-order chi connectivity index (χ1) is 12.2. The summed E-state index contributed by atoms with van der Waals surface area (Å²) >= 11 is 0. The standard InChI is InChI=1S/C18H21N5O2/c1-12-10-19-18(20-12)15-11-23(8-9-25-15)17(24)7-6-16-21-13-4-2-3-5-14(13)22-16/h2-5,10,15H,6-9,11H2,1H3,(H,19,20)(H,21,22). The Morgan fingerprint density at radius 1 is 1.36 bits per heavy atom. The summed E-state index contributed by atoms with van der Waals surface area (Å²) in [6, 6.07) is 7.89. The first-order valence-corrected chi connectivity index (χ1v) is 8.53. The van der Waals surface area contributed by atoms with Crippen LogP contribution in [-0.2, 0) is 16.0 Å². The molecule has 0 spiro atoms. The largest absolute Gasteiger partial charge is 0.367 e. The van der Waals surface area contributed by atoms with Gasteiger partial charge in [0.25, 0.3) is 0 Å². The second kappa shape index (κ2) is 6.68. The average Bonchev–Trinajstić information content (AvgIpc) is 3.25. The van der Waals surface area contributed by atoms with Gasteiger partial charge in [-0.1, -0.05) is 12.1 Å². The number of carbonyl (C=O) groups excluding carboxylic acids is 1. The Morgan fingerprint density at radius 2 is 2.24 bits per heavy atom. The van der Waals surface area contributed by atoms with Crippen LogP contribution >= 0.6 is 0 Å². The van der Waals surface area contributed by atoms with E-state index in [4.69, 9.17) is 4.74 Å². The number of morpholine rings is 1. The Bertz CT molecular complexity index is 851. The van der Waals surface area contributed by atoms with Crippen LogP contribution in [0.1, 0.15) is 29.9 Å². The Balaban J connectivity index is 1.37. The van der Waals surface area contributed by atoms with Crippen molar-refractivity contribution in [3.63, 3.8) is 0 Å². The van der Waals surface area contributed by atoms with Gasteiger partial charge >= 0.3 is 0 Å². The zero-order valence-electron chi connectivity index (χ0n) is 14.2. The van der Waals surface area contributed by atoms with E-state index >= 15 is 0 Å². The molecule has 0 saturated carbocycles. The van der Waals surface area contributed by atoms with E-state index < -0.39 is 0 Å². The van der Waals surface area contributed by atoms with Crippen LogP contribution < -0.4 is 0 Å². The van der Waals surface area contributed by atoms with Crippen molar-refractivity contribution in [1.82, 2.24) is 24.8 Å². The van der Waals surface area contributed by atoms with E-state index in [1.807, 2.05) is 36.1 Å². The normalized spacial score (nSPS) is 18.0. The summed E-state index contributed by atoms with van der Waals surface area (Å²) in [4.78, 5) is 29.7. The highest BCUT2D eigenvalue weighted by atomic mass is 16.5. The van der Waals surface area contributed by atoms with Crippen LogP contribution in [0.2, 0.25) is 0 Å². The quantitative estimate of drug-likeness (QED) is 0.762. The fraction of sp³-hybridized carbons (Fsp3) is 0.389. The first-order valence-electron chi connectivity index (χ1n) is 8.53. The SMILES string of the molecule is Cc1cnc(C2CN(C(=O)CCc3nc4ccccc4[nH]3)CCO2)[nH]1. The van der Waals surface area contributed by atoms with Crippen molar-refractivity contribution in [1.29, 1.82) is 0 Å². The van der Waals surface area contributed by atoms with Crippen molar-refractivity contribution in [2.45, 2.75) is 25.9 Å². The monoisotopic (exact) mass is 339 g/mol. The smallest absolute Gasteiger partial charge is 0.223 e. The summed E-state index contributed by atoms with van der Waals surface area (Å²) in [6.45, 7) is 3.64. The van der Waals surface area contributed by atoms with Crippen LogP contribution in [0.25, 0.3) is 11.0 Å². The number of aryl methyl sites for hydroxylation is 2. The van der Waals surface area contributed by atoms with Crippen molar-refractivity contribution < 1.29 is 9.53 Å². The van der Waals surface area contributed by atoms with Gasteiger partial charge in [0.1, 0.15) is 17.8 Å². The van der Waals surface area contributed by atoms with Crippen LogP contribution in [0, 0.1) is 6.92 Å². The summed E-state index contributed by atoms with van der Waals surface area (Å²) in [5.41, 5.74) is 2.93. The van der Waals surface area contributed by atoms with Gasteiger partial charge < -0.3 is 19.6 Å². The number of carbonyl (C=O) groups is 1. The van der Waals surface area contributed by atoms with Crippen molar-refractivity contribution in [2.75, 3.05) is 19.7 Å². The van der Waals surface area contributed by atoms with Gasteiger partial charge in [-0.05, 0) is 19.1 Å². The number of H-pyrrole nitrogens is 2. The minimum absolute atomic E-state index is 0.122. The van der Waals surface area contributed by atoms with Gasteiger partial charge in [0, 0.05) is 31.3 Å². The molecule has 3 heterocycles. The number of aromatic nitrogens is 4.